The Morgan fingerprint density at radius 2 is 1.69 bits per heavy atom. The molecule has 4 nitrogen and oxygen atoms in total. The second-order valence-corrected chi connectivity index (χ2v) is 3.32. The third-order valence-electron chi connectivity index (χ3n) is 1.63. The molecule has 0 amide bonds. The number of aliphatic hydroxyl groups excluding tert-OH is 2. The van der Waals surface area contributed by atoms with Crippen LogP contribution in [0.25, 0.3) is 0 Å². The minimum Gasteiger partial charge on any atom is -0.392 e. The highest BCUT2D eigenvalue weighted by atomic mass is 16.3. The van der Waals surface area contributed by atoms with Gasteiger partial charge in [0.25, 0.3) is 0 Å². The fraction of sp³-hybridized carbons (Fsp3) is 0.778. The highest BCUT2D eigenvalue weighted by molar-refractivity contribution is 4.94. The Morgan fingerprint density at radius 3 is 1.92 bits per heavy atom. The van der Waals surface area contributed by atoms with Crippen molar-refractivity contribution in [2.45, 2.75) is 33.0 Å². The quantitative estimate of drug-likeness (QED) is 0.562. The van der Waals surface area contributed by atoms with Gasteiger partial charge in [0, 0.05) is 13.1 Å². The summed E-state index contributed by atoms with van der Waals surface area (Å²) in [5.74, 6) is 0.585. The second-order valence-electron chi connectivity index (χ2n) is 3.32. The summed E-state index contributed by atoms with van der Waals surface area (Å²) in [7, 11) is 0. The van der Waals surface area contributed by atoms with Gasteiger partial charge in [-0.15, -0.1) is 0 Å². The lowest BCUT2D eigenvalue weighted by Crippen LogP contribution is -2.38. The maximum atomic E-state index is 9.17. The van der Waals surface area contributed by atoms with Gasteiger partial charge in [-0.05, 0) is 26.8 Å². The van der Waals surface area contributed by atoms with E-state index in [0.29, 0.717) is 18.9 Å². The summed E-state index contributed by atoms with van der Waals surface area (Å²) in [6, 6.07) is 0. The van der Waals surface area contributed by atoms with Crippen molar-refractivity contribution in [2.24, 2.45) is 5.73 Å². The molecule has 0 bridgehead atoms. The molecule has 0 aliphatic heterocycles. The highest BCUT2D eigenvalue weighted by Crippen LogP contribution is 2.01. The first-order valence-corrected chi connectivity index (χ1v) is 4.50. The molecule has 0 rings (SSSR count). The molecule has 0 saturated carbocycles. The van der Waals surface area contributed by atoms with Crippen LogP contribution in [0.1, 0.15) is 20.8 Å². The number of rotatable bonds is 5. The molecule has 0 aliphatic rings. The maximum absolute atomic E-state index is 9.17. The molecule has 78 valence electrons. The van der Waals surface area contributed by atoms with E-state index in [9.17, 15) is 10.2 Å². The molecule has 0 fully saturated rings. The molecule has 2 unspecified atom stereocenters. The zero-order valence-corrected chi connectivity index (χ0v) is 8.57. The normalized spacial score (nSPS) is 16.8. The monoisotopic (exact) mass is 188 g/mol. The first-order valence-electron chi connectivity index (χ1n) is 4.50. The van der Waals surface area contributed by atoms with Gasteiger partial charge < -0.3 is 20.8 Å². The second kappa shape index (κ2) is 5.83. The summed E-state index contributed by atoms with van der Waals surface area (Å²) in [4.78, 5) is 1.76. The number of hydrogen-bond acceptors (Lipinski definition) is 4. The predicted octanol–water partition coefficient (Wildman–Crippen LogP) is -0.130. The van der Waals surface area contributed by atoms with E-state index < -0.39 is 12.2 Å². The molecule has 13 heavy (non-hydrogen) atoms. The van der Waals surface area contributed by atoms with Crippen molar-refractivity contribution in [2.75, 3.05) is 13.1 Å². The van der Waals surface area contributed by atoms with E-state index in [0.717, 1.165) is 0 Å². The predicted molar refractivity (Wildman–Crippen MR) is 52.9 cm³/mol. The Labute approximate surface area is 79.7 Å². The molecule has 0 radical (unpaired) electrons. The molecular weight excluding hydrogens is 168 g/mol. The smallest absolute Gasteiger partial charge is 0.0944 e. The van der Waals surface area contributed by atoms with E-state index >= 15 is 0 Å². The minimum absolute atomic E-state index is 0.446. The lowest BCUT2D eigenvalue weighted by atomic mass is 10.3. The number of hydrogen-bond donors (Lipinski definition) is 3. The molecule has 2 atom stereocenters. The van der Waals surface area contributed by atoms with Gasteiger partial charge in [-0.25, -0.2) is 0 Å². The van der Waals surface area contributed by atoms with Crippen LogP contribution >= 0.6 is 0 Å². The lowest BCUT2D eigenvalue weighted by molar-refractivity contribution is 0.102. The Bertz CT molecular complexity index is 157. The van der Waals surface area contributed by atoms with Crippen molar-refractivity contribution in [3.63, 3.8) is 0 Å². The molecule has 4 N–H and O–H groups in total. The van der Waals surface area contributed by atoms with E-state index in [1.165, 1.54) is 0 Å². The maximum Gasteiger partial charge on any atom is 0.0944 e. The first kappa shape index (κ1) is 12.3. The van der Waals surface area contributed by atoms with Crippen LogP contribution in [-0.2, 0) is 0 Å². The molecule has 4 heteroatoms. The van der Waals surface area contributed by atoms with Crippen LogP contribution in [-0.4, -0.2) is 40.4 Å². The van der Waals surface area contributed by atoms with Crippen LogP contribution < -0.4 is 5.73 Å². The molecule has 0 spiro atoms. The van der Waals surface area contributed by atoms with Crippen molar-refractivity contribution in [1.29, 1.82) is 0 Å². The molecule has 0 saturated heterocycles. The minimum atomic E-state index is -0.447. The Kier molecular flexibility index (Phi) is 5.50. The summed E-state index contributed by atoms with van der Waals surface area (Å²) in [6.45, 7) is 6.10. The summed E-state index contributed by atoms with van der Waals surface area (Å²) < 4.78 is 0. The van der Waals surface area contributed by atoms with E-state index in [4.69, 9.17) is 5.73 Å². The molecule has 0 aliphatic carbocycles. The van der Waals surface area contributed by atoms with Crippen molar-refractivity contribution in [3.05, 3.63) is 11.9 Å². The topological polar surface area (TPSA) is 69.7 Å². The Balaban J connectivity index is 4.19. The van der Waals surface area contributed by atoms with Gasteiger partial charge in [0.2, 0.25) is 0 Å². The standard InChI is InChI=1S/C9H20N2O2/c1-4-9(10)11(5-7(2)12)6-8(3)13/h4,7-8,12-13H,5-6,10H2,1-3H3. The number of nitrogens with two attached hydrogens (primary N) is 1. The number of aliphatic hydroxyl groups is 2. The van der Waals surface area contributed by atoms with Crippen molar-refractivity contribution < 1.29 is 10.2 Å². The fourth-order valence-corrected chi connectivity index (χ4v) is 1.11. The fourth-order valence-electron chi connectivity index (χ4n) is 1.11. The summed E-state index contributed by atoms with van der Waals surface area (Å²) in [6.07, 6.45) is 0.861. The molecule has 0 aromatic rings. The van der Waals surface area contributed by atoms with Crippen LogP contribution in [0, 0.1) is 0 Å². The molecular formula is C9H20N2O2. The average molecular weight is 188 g/mol. The Morgan fingerprint density at radius 1 is 1.31 bits per heavy atom. The SMILES string of the molecule is CC=C(N)N(CC(C)O)CC(C)O. The van der Waals surface area contributed by atoms with E-state index in [1.807, 2.05) is 6.92 Å². The molecule has 0 aromatic carbocycles. The largest absolute Gasteiger partial charge is 0.392 e. The van der Waals surface area contributed by atoms with Crippen LogP contribution in [0.5, 0.6) is 0 Å². The summed E-state index contributed by atoms with van der Waals surface area (Å²) in [5, 5.41) is 18.3. The summed E-state index contributed by atoms with van der Waals surface area (Å²) in [5.41, 5.74) is 5.68. The van der Waals surface area contributed by atoms with Gasteiger partial charge in [-0.3, -0.25) is 0 Å². The highest BCUT2D eigenvalue weighted by Gasteiger charge is 2.10. The number of nitrogens with zero attached hydrogens (tertiary/aromatic N) is 1. The third-order valence-corrected chi connectivity index (χ3v) is 1.63. The molecule has 0 heterocycles. The van der Waals surface area contributed by atoms with Gasteiger partial charge in [0.1, 0.15) is 0 Å². The van der Waals surface area contributed by atoms with Gasteiger partial charge in [0.15, 0.2) is 0 Å². The zero-order chi connectivity index (χ0) is 10.4. The summed E-state index contributed by atoms with van der Waals surface area (Å²) >= 11 is 0. The lowest BCUT2D eigenvalue weighted by Gasteiger charge is -2.27. The van der Waals surface area contributed by atoms with Gasteiger partial charge >= 0.3 is 0 Å². The van der Waals surface area contributed by atoms with Crippen LogP contribution in [0.3, 0.4) is 0 Å². The van der Waals surface area contributed by atoms with Crippen LogP contribution in [0.15, 0.2) is 11.9 Å². The first-order chi connectivity index (χ1) is 5.97. The van der Waals surface area contributed by atoms with Gasteiger partial charge in [0.05, 0.1) is 18.0 Å². The van der Waals surface area contributed by atoms with E-state index in [1.54, 1.807) is 24.8 Å². The van der Waals surface area contributed by atoms with Gasteiger partial charge in [-0.1, -0.05) is 0 Å². The van der Waals surface area contributed by atoms with Crippen molar-refractivity contribution in [1.82, 2.24) is 4.90 Å². The van der Waals surface area contributed by atoms with E-state index in [2.05, 4.69) is 0 Å². The zero-order valence-electron chi connectivity index (χ0n) is 8.57. The van der Waals surface area contributed by atoms with Gasteiger partial charge in [-0.2, -0.15) is 0 Å². The number of allylic oxidation sites excluding steroid dienone is 1. The third kappa shape index (κ3) is 5.49. The van der Waals surface area contributed by atoms with Crippen LogP contribution in [0.2, 0.25) is 0 Å². The molecule has 0 aromatic heterocycles. The van der Waals surface area contributed by atoms with Crippen molar-refractivity contribution in [3.8, 4) is 0 Å². The van der Waals surface area contributed by atoms with E-state index in [-0.39, 0.29) is 0 Å². The Hall–Kier alpha value is -0.740. The average Bonchev–Trinajstić information content (AvgIpc) is 2.00. The van der Waals surface area contributed by atoms with Crippen LogP contribution in [0.4, 0.5) is 0 Å². The van der Waals surface area contributed by atoms with Crippen molar-refractivity contribution >= 4 is 0 Å².